The van der Waals surface area contributed by atoms with E-state index >= 15 is 0 Å². The lowest BCUT2D eigenvalue weighted by atomic mass is 10.3. The Morgan fingerprint density at radius 1 is 1.23 bits per heavy atom. The minimum atomic E-state index is -4.56. The summed E-state index contributed by atoms with van der Waals surface area (Å²) in [6.45, 7) is 5.30. The van der Waals surface area contributed by atoms with Gasteiger partial charge in [0.2, 0.25) is 5.88 Å². The van der Waals surface area contributed by atoms with Crippen molar-refractivity contribution < 1.29 is 36.5 Å². The van der Waals surface area contributed by atoms with Crippen molar-refractivity contribution in [3.63, 3.8) is 0 Å². The van der Waals surface area contributed by atoms with Crippen LogP contribution in [0.5, 0.6) is 17.4 Å². The van der Waals surface area contributed by atoms with E-state index in [1.165, 1.54) is 31.2 Å². The predicted octanol–water partition coefficient (Wildman–Crippen LogP) is 5.59. The SMILES string of the molecule is CCO[PH](=O)N(CC)C(=O)C(C)Oc1ccc(Oc2ncc(C(F)(F)F)cc2Cl)cc1. The van der Waals surface area contributed by atoms with Crippen LogP contribution in [0, 0.1) is 0 Å². The van der Waals surface area contributed by atoms with Gasteiger partial charge in [0.15, 0.2) is 6.10 Å². The molecule has 0 radical (unpaired) electrons. The molecule has 1 amide bonds. The van der Waals surface area contributed by atoms with Gasteiger partial charge in [-0.2, -0.15) is 13.2 Å². The average molecular weight is 481 g/mol. The second-order valence-corrected chi connectivity index (χ2v) is 7.89. The number of carbonyl (C=O) groups excluding carboxylic acids is 1. The van der Waals surface area contributed by atoms with Gasteiger partial charge in [-0.1, -0.05) is 11.6 Å². The summed E-state index contributed by atoms with van der Waals surface area (Å²) in [6, 6.07) is 6.67. The number of ether oxygens (including phenoxy) is 2. The van der Waals surface area contributed by atoms with E-state index in [-0.39, 0.29) is 29.8 Å². The Kier molecular flexibility index (Phi) is 8.73. The van der Waals surface area contributed by atoms with Gasteiger partial charge in [0, 0.05) is 12.7 Å². The normalized spacial score (nSPS) is 13.4. The molecule has 0 saturated heterocycles. The number of amides is 1. The molecule has 1 aromatic carbocycles. The van der Waals surface area contributed by atoms with Crippen molar-refractivity contribution in [2.45, 2.75) is 33.1 Å². The third-order valence-electron chi connectivity index (χ3n) is 3.90. The third-order valence-corrected chi connectivity index (χ3v) is 5.69. The lowest BCUT2D eigenvalue weighted by Crippen LogP contribution is -2.36. The molecule has 0 bridgehead atoms. The topological polar surface area (TPSA) is 78.0 Å². The monoisotopic (exact) mass is 480 g/mol. The van der Waals surface area contributed by atoms with E-state index in [4.69, 9.17) is 25.6 Å². The molecule has 2 aromatic rings. The number of halogens is 4. The second kappa shape index (κ2) is 10.8. The number of carbonyl (C=O) groups is 1. The van der Waals surface area contributed by atoms with Gasteiger partial charge in [-0.05, 0) is 51.1 Å². The van der Waals surface area contributed by atoms with Crippen molar-refractivity contribution in [1.29, 1.82) is 0 Å². The van der Waals surface area contributed by atoms with Crippen LogP contribution in [0.15, 0.2) is 36.5 Å². The average Bonchev–Trinajstić information content (AvgIpc) is 2.70. The molecule has 170 valence electrons. The number of rotatable bonds is 9. The first-order chi connectivity index (χ1) is 14.6. The van der Waals surface area contributed by atoms with Crippen molar-refractivity contribution in [3.8, 4) is 17.4 Å². The van der Waals surface area contributed by atoms with Crippen LogP contribution in [-0.2, 0) is 20.1 Å². The largest absolute Gasteiger partial charge is 0.481 e. The predicted molar refractivity (Wildman–Crippen MR) is 109 cm³/mol. The first-order valence-corrected chi connectivity index (χ1v) is 10.9. The Hall–Kier alpha value is -2.29. The fourth-order valence-corrected chi connectivity index (χ4v) is 3.63. The number of aromatic nitrogens is 1. The number of nitrogens with zero attached hydrogens (tertiary/aromatic N) is 2. The zero-order valence-corrected chi connectivity index (χ0v) is 18.7. The van der Waals surface area contributed by atoms with Crippen molar-refractivity contribution in [1.82, 2.24) is 9.65 Å². The Morgan fingerprint density at radius 3 is 2.35 bits per heavy atom. The molecule has 2 atom stereocenters. The summed E-state index contributed by atoms with van der Waals surface area (Å²) in [5.74, 6) is -0.101. The van der Waals surface area contributed by atoms with Crippen LogP contribution in [-0.4, -0.2) is 34.8 Å². The molecule has 0 spiro atoms. The number of alkyl halides is 3. The van der Waals surface area contributed by atoms with Crippen LogP contribution >= 0.6 is 19.8 Å². The molecule has 7 nitrogen and oxygen atoms in total. The number of pyridine rings is 1. The molecule has 2 rings (SSSR count). The zero-order valence-electron chi connectivity index (χ0n) is 16.9. The first-order valence-electron chi connectivity index (χ1n) is 9.22. The standard InChI is InChI=1S/C19H21ClF3N2O5P/c1-4-25(31(27)28-5-2)18(26)12(3)29-14-6-8-15(9-7-14)30-17-16(20)10-13(11-24-17)19(21,22)23/h6-12,31H,4-5H2,1-3H3. The molecular weight excluding hydrogens is 460 g/mol. The van der Waals surface area contributed by atoms with Gasteiger partial charge in [0.1, 0.15) is 16.5 Å². The second-order valence-electron chi connectivity index (χ2n) is 6.12. The van der Waals surface area contributed by atoms with Crippen molar-refractivity contribution in [2.75, 3.05) is 13.2 Å². The van der Waals surface area contributed by atoms with Gasteiger partial charge in [0.25, 0.3) is 14.1 Å². The molecule has 0 saturated carbocycles. The summed E-state index contributed by atoms with van der Waals surface area (Å²) >= 11 is 5.82. The van der Waals surface area contributed by atoms with Crippen LogP contribution < -0.4 is 9.47 Å². The summed E-state index contributed by atoms with van der Waals surface area (Å²) in [5.41, 5.74) is -0.986. The molecule has 0 aliphatic heterocycles. The molecule has 0 aliphatic carbocycles. The maximum atomic E-state index is 12.7. The van der Waals surface area contributed by atoms with Gasteiger partial charge >= 0.3 is 6.18 Å². The summed E-state index contributed by atoms with van der Waals surface area (Å²) in [7, 11) is -2.68. The minimum Gasteiger partial charge on any atom is -0.481 e. The van der Waals surface area contributed by atoms with Crippen molar-refractivity contribution in [3.05, 3.63) is 47.1 Å². The fraction of sp³-hybridized carbons (Fsp3) is 0.368. The highest BCUT2D eigenvalue weighted by atomic mass is 35.5. The van der Waals surface area contributed by atoms with Crippen LogP contribution in [0.4, 0.5) is 13.2 Å². The van der Waals surface area contributed by atoms with Crippen LogP contribution in [0.2, 0.25) is 5.02 Å². The number of likely N-dealkylation sites (N-methyl/N-ethyl adjacent to an activating group) is 1. The number of hydrogen-bond donors (Lipinski definition) is 0. The van der Waals surface area contributed by atoms with Gasteiger partial charge in [-0.3, -0.25) is 14.0 Å². The van der Waals surface area contributed by atoms with E-state index in [1.54, 1.807) is 13.8 Å². The zero-order chi connectivity index (χ0) is 23.2. The van der Waals surface area contributed by atoms with E-state index in [1.807, 2.05) is 0 Å². The maximum absolute atomic E-state index is 12.7. The summed E-state index contributed by atoms with van der Waals surface area (Å²) in [4.78, 5) is 16.1. The molecular formula is C19H21ClF3N2O5P. The fourth-order valence-electron chi connectivity index (χ4n) is 2.40. The van der Waals surface area contributed by atoms with E-state index < -0.39 is 31.9 Å². The summed E-state index contributed by atoms with van der Waals surface area (Å²) in [5, 5.41) is -0.293. The van der Waals surface area contributed by atoms with Crippen molar-refractivity contribution >= 4 is 25.7 Å². The van der Waals surface area contributed by atoms with Gasteiger partial charge in [-0.25, -0.2) is 4.98 Å². The quantitative estimate of drug-likeness (QED) is 0.435. The molecule has 2 unspecified atom stereocenters. The van der Waals surface area contributed by atoms with Crippen LogP contribution in [0.1, 0.15) is 26.3 Å². The van der Waals surface area contributed by atoms with Crippen LogP contribution in [0.3, 0.4) is 0 Å². The van der Waals surface area contributed by atoms with Gasteiger partial charge in [-0.15, -0.1) is 0 Å². The molecule has 1 heterocycles. The maximum Gasteiger partial charge on any atom is 0.417 e. The highest BCUT2D eigenvalue weighted by molar-refractivity contribution is 7.37. The highest BCUT2D eigenvalue weighted by Crippen LogP contribution is 2.35. The van der Waals surface area contributed by atoms with Crippen molar-refractivity contribution in [2.24, 2.45) is 0 Å². The number of benzene rings is 1. The highest BCUT2D eigenvalue weighted by Gasteiger charge is 2.32. The molecule has 0 fully saturated rings. The van der Waals surface area contributed by atoms with E-state index in [9.17, 15) is 22.5 Å². The Morgan fingerprint density at radius 2 is 1.84 bits per heavy atom. The molecule has 31 heavy (non-hydrogen) atoms. The molecule has 0 N–H and O–H groups in total. The van der Waals surface area contributed by atoms with Gasteiger partial charge < -0.3 is 14.0 Å². The van der Waals surface area contributed by atoms with E-state index in [0.717, 1.165) is 10.7 Å². The van der Waals surface area contributed by atoms with Crippen LogP contribution in [0.25, 0.3) is 0 Å². The Labute approximate surface area is 183 Å². The Bertz CT molecular complexity index is 928. The lowest BCUT2D eigenvalue weighted by molar-refractivity contribution is -0.138. The summed E-state index contributed by atoms with van der Waals surface area (Å²) < 4.78 is 67.2. The lowest BCUT2D eigenvalue weighted by Gasteiger charge is -2.23. The minimum absolute atomic E-state index is 0.188. The van der Waals surface area contributed by atoms with E-state index in [2.05, 4.69) is 4.98 Å². The molecule has 0 aliphatic rings. The molecule has 12 heteroatoms. The number of hydrogen-bond acceptors (Lipinski definition) is 6. The third kappa shape index (κ3) is 6.85. The van der Waals surface area contributed by atoms with E-state index in [0.29, 0.717) is 11.9 Å². The Balaban J connectivity index is 2.03. The first kappa shape index (κ1) is 25.0. The van der Waals surface area contributed by atoms with Gasteiger partial charge in [0.05, 0.1) is 12.2 Å². The molecule has 1 aromatic heterocycles. The summed E-state index contributed by atoms with van der Waals surface area (Å²) in [6.07, 6.45) is -4.86. The smallest absolute Gasteiger partial charge is 0.417 e.